The molecule has 1 aromatic rings. The number of fused-ring (bicyclic) bond motifs is 1. The lowest BCUT2D eigenvalue weighted by molar-refractivity contribution is -0.0390. The van der Waals surface area contributed by atoms with Gasteiger partial charge in [-0.1, -0.05) is 25.5 Å². The number of unbranched alkanes of at least 4 members (excludes halogenated alkanes) is 1. The van der Waals surface area contributed by atoms with Gasteiger partial charge in [-0.05, 0) is 43.9 Å². The number of amides is 2. The Bertz CT molecular complexity index is 546. The second-order valence-electron chi connectivity index (χ2n) is 7.08. The van der Waals surface area contributed by atoms with E-state index < -0.39 is 0 Å². The van der Waals surface area contributed by atoms with Crippen LogP contribution in [0, 0.1) is 0 Å². The van der Waals surface area contributed by atoms with Crippen LogP contribution in [0.1, 0.15) is 38.7 Å². The molecular formula is C19H29N3O2. The number of aryl methyl sites for hydroxylation is 1. The van der Waals surface area contributed by atoms with Gasteiger partial charge in [-0.2, -0.15) is 0 Å². The van der Waals surface area contributed by atoms with Crippen LogP contribution in [0.25, 0.3) is 0 Å². The first-order chi connectivity index (χ1) is 11.6. The third kappa shape index (κ3) is 4.48. The molecule has 2 saturated heterocycles. The van der Waals surface area contributed by atoms with Crippen molar-refractivity contribution in [3.8, 4) is 0 Å². The third-order valence-corrected chi connectivity index (χ3v) is 4.96. The quantitative estimate of drug-likeness (QED) is 0.872. The van der Waals surface area contributed by atoms with E-state index in [0.29, 0.717) is 12.1 Å². The summed E-state index contributed by atoms with van der Waals surface area (Å²) < 4.78 is 5.71. The van der Waals surface area contributed by atoms with Crippen molar-refractivity contribution in [3.05, 3.63) is 29.8 Å². The summed E-state index contributed by atoms with van der Waals surface area (Å²) in [6, 6.07) is 8.70. The number of carbonyl (C=O) groups excluding carboxylic acids is 1. The van der Waals surface area contributed by atoms with Crippen LogP contribution >= 0.6 is 0 Å². The minimum absolute atomic E-state index is 0.116. The van der Waals surface area contributed by atoms with E-state index in [0.717, 1.165) is 38.2 Å². The zero-order chi connectivity index (χ0) is 16.9. The van der Waals surface area contributed by atoms with E-state index in [1.54, 1.807) is 0 Å². The van der Waals surface area contributed by atoms with Crippen molar-refractivity contribution >= 4 is 11.7 Å². The maximum atomic E-state index is 12.2. The zero-order valence-electron chi connectivity index (χ0n) is 14.8. The van der Waals surface area contributed by atoms with Crippen molar-refractivity contribution in [2.75, 3.05) is 25.0 Å². The first-order valence-electron chi connectivity index (χ1n) is 9.16. The van der Waals surface area contributed by atoms with Crippen LogP contribution < -0.4 is 10.6 Å². The molecule has 0 bridgehead atoms. The fourth-order valence-electron chi connectivity index (χ4n) is 3.63. The van der Waals surface area contributed by atoms with Crippen molar-refractivity contribution in [2.45, 2.75) is 57.7 Å². The summed E-state index contributed by atoms with van der Waals surface area (Å²) >= 11 is 0. The molecule has 2 fully saturated rings. The van der Waals surface area contributed by atoms with Crippen molar-refractivity contribution in [2.24, 2.45) is 0 Å². The van der Waals surface area contributed by atoms with Crippen molar-refractivity contribution < 1.29 is 9.53 Å². The Morgan fingerprint density at radius 3 is 2.83 bits per heavy atom. The molecule has 0 radical (unpaired) electrons. The minimum atomic E-state index is -0.116. The standard InChI is InChI=1S/C19H29N3O2/c1-3-4-5-15-6-8-16(9-7-15)20-19(23)21-17-10-18-13-24-14(2)11-22(18)12-17/h6-9,14,17-18H,3-5,10-13H2,1-2H3,(H2,20,21,23)/t14-,17+,18-/m0/s1. The normalized spacial score (nSPS) is 26.8. The molecule has 2 amide bonds. The van der Waals surface area contributed by atoms with Gasteiger partial charge >= 0.3 is 6.03 Å². The number of benzene rings is 1. The Labute approximate surface area is 144 Å². The average Bonchev–Trinajstić information content (AvgIpc) is 2.95. The molecule has 2 aliphatic heterocycles. The van der Waals surface area contributed by atoms with Crippen molar-refractivity contribution in [1.82, 2.24) is 10.2 Å². The Balaban J connectivity index is 1.46. The number of nitrogens with zero attached hydrogens (tertiary/aromatic N) is 1. The Morgan fingerprint density at radius 1 is 1.29 bits per heavy atom. The van der Waals surface area contributed by atoms with Gasteiger partial charge in [0.05, 0.1) is 12.7 Å². The Kier molecular flexibility index (Phi) is 5.74. The van der Waals surface area contributed by atoms with E-state index in [2.05, 4.69) is 41.5 Å². The number of rotatable bonds is 5. The molecule has 0 aliphatic carbocycles. The lowest BCUT2D eigenvalue weighted by Crippen LogP contribution is -2.45. The molecular weight excluding hydrogens is 302 g/mol. The van der Waals surface area contributed by atoms with Crippen molar-refractivity contribution in [3.63, 3.8) is 0 Å². The molecule has 0 aromatic heterocycles. The lowest BCUT2D eigenvalue weighted by Gasteiger charge is -2.33. The highest BCUT2D eigenvalue weighted by atomic mass is 16.5. The predicted octanol–water partition coefficient (Wildman–Crippen LogP) is 3.01. The molecule has 3 atom stereocenters. The molecule has 1 aromatic carbocycles. The second-order valence-corrected chi connectivity index (χ2v) is 7.08. The highest BCUT2D eigenvalue weighted by Crippen LogP contribution is 2.23. The monoisotopic (exact) mass is 331 g/mol. The van der Waals surface area contributed by atoms with E-state index in [1.807, 2.05) is 12.1 Å². The number of hydrogen-bond acceptors (Lipinski definition) is 3. The van der Waals surface area contributed by atoms with E-state index in [4.69, 9.17) is 4.74 Å². The molecule has 2 aliphatic rings. The van der Waals surface area contributed by atoms with Gasteiger partial charge in [0.1, 0.15) is 0 Å². The largest absolute Gasteiger partial charge is 0.376 e. The van der Waals surface area contributed by atoms with Crippen LogP contribution in [-0.2, 0) is 11.2 Å². The van der Waals surface area contributed by atoms with Gasteiger partial charge in [-0.3, -0.25) is 4.90 Å². The highest BCUT2D eigenvalue weighted by Gasteiger charge is 2.36. The number of nitrogens with one attached hydrogen (secondary N) is 2. The predicted molar refractivity (Wildman–Crippen MR) is 96.4 cm³/mol. The first kappa shape index (κ1) is 17.2. The maximum absolute atomic E-state index is 12.2. The molecule has 2 heterocycles. The van der Waals surface area contributed by atoms with E-state index in [9.17, 15) is 4.79 Å². The second kappa shape index (κ2) is 7.99. The highest BCUT2D eigenvalue weighted by molar-refractivity contribution is 5.89. The van der Waals surface area contributed by atoms with Gasteiger partial charge in [0.25, 0.3) is 0 Å². The molecule has 3 rings (SSSR count). The van der Waals surface area contributed by atoms with Crippen LogP contribution in [0.4, 0.5) is 10.5 Å². The number of hydrogen-bond donors (Lipinski definition) is 2. The van der Waals surface area contributed by atoms with Gasteiger partial charge in [0.2, 0.25) is 0 Å². The number of carbonyl (C=O) groups is 1. The summed E-state index contributed by atoms with van der Waals surface area (Å²) in [5.41, 5.74) is 2.17. The summed E-state index contributed by atoms with van der Waals surface area (Å²) in [7, 11) is 0. The van der Waals surface area contributed by atoms with Gasteiger partial charge in [0, 0.05) is 30.9 Å². The van der Waals surface area contributed by atoms with Gasteiger partial charge in [-0.25, -0.2) is 4.79 Å². The molecule has 132 valence electrons. The van der Waals surface area contributed by atoms with Crippen LogP contribution in [0.5, 0.6) is 0 Å². The fraction of sp³-hybridized carbons (Fsp3) is 0.632. The molecule has 2 N–H and O–H groups in total. The topological polar surface area (TPSA) is 53.6 Å². The Hall–Kier alpha value is -1.59. The van der Waals surface area contributed by atoms with E-state index >= 15 is 0 Å². The zero-order valence-corrected chi connectivity index (χ0v) is 14.8. The summed E-state index contributed by atoms with van der Waals surface area (Å²) in [6.07, 6.45) is 4.76. The maximum Gasteiger partial charge on any atom is 0.319 e. The SMILES string of the molecule is CCCCc1ccc(NC(=O)N[C@@H]2C[C@H]3CO[C@@H](C)CN3C2)cc1. The third-order valence-electron chi connectivity index (χ3n) is 4.96. The molecule has 0 saturated carbocycles. The van der Waals surface area contributed by atoms with Gasteiger partial charge in [0.15, 0.2) is 0 Å². The molecule has 0 spiro atoms. The van der Waals surface area contributed by atoms with Crippen LogP contribution in [-0.4, -0.2) is 48.8 Å². The minimum Gasteiger partial charge on any atom is -0.376 e. The summed E-state index contributed by atoms with van der Waals surface area (Å²) in [6.45, 7) is 6.96. The van der Waals surface area contributed by atoms with E-state index in [-0.39, 0.29) is 12.1 Å². The number of ether oxygens (including phenoxy) is 1. The summed E-state index contributed by atoms with van der Waals surface area (Å²) in [4.78, 5) is 14.7. The van der Waals surface area contributed by atoms with Crippen molar-refractivity contribution in [1.29, 1.82) is 0 Å². The van der Waals surface area contributed by atoms with Crippen LogP contribution in [0.2, 0.25) is 0 Å². The lowest BCUT2D eigenvalue weighted by atomic mass is 10.1. The summed E-state index contributed by atoms with van der Waals surface area (Å²) in [5.74, 6) is 0. The first-order valence-corrected chi connectivity index (χ1v) is 9.16. The smallest absolute Gasteiger partial charge is 0.319 e. The van der Waals surface area contributed by atoms with Crippen LogP contribution in [0.15, 0.2) is 24.3 Å². The van der Waals surface area contributed by atoms with Gasteiger partial charge in [-0.15, -0.1) is 0 Å². The molecule has 5 heteroatoms. The molecule has 5 nitrogen and oxygen atoms in total. The van der Waals surface area contributed by atoms with Gasteiger partial charge < -0.3 is 15.4 Å². The molecule has 24 heavy (non-hydrogen) atoms. The molecule has 0 unspecified atom stereocenters. The van der Waals surface area contributed by atoms with Crippen LogP contribution in [0.3, 0.4) is 0 Å². The number of morpholine rings is 1. The Morgan fingerprint density at radius 2 is 2.08 bits per heavy atom. The average molecular weight is 331 g/mol. The van der Waals surface area contributed by atoms with E-state index in [1.165, 1.54) is 18.4 Å². The number of urea groups is 1. The summed E-state index contributed by atoms with van der Waals surface area (Å²) in [5, 5.41) is 6.04. The fourth-order valence-corrected chi connectivity index (χ4v) is 3.63. The number of anilines is 1.